The SMILES string of the molecule is O=C(O)CCCCCOC(=O)CCCC(=O)O. The maximum Gasteiger partial charge on any atom is 0.305 e. The van der Waals surface area contributed by atoms with Crippen molar-refractivity contribution < 1.29 is 29.3 Å². The van der Waals surface area contributed by atoms with Gasteiger partial charge in [0.25, 0.3) is 0 Å². The second kappa shape index (κ2) is 9.62. The summed E-state index contributed by atoms with van der Waals surface area (Å²) < 4.78 is 4.85. The van der Waals surface area contributed by atoms with Gasteiger partial charge in [0.1, 0.15) is 0 Å². The van der Waals surface area contributed by atoms with E-state index >= 15 is 0 Å². The van der Waals surface area contributed by atoms with Gasteiger partial charge in [0, 0.05) is 19.3 Å². The molecule has 0 aromatic heterocycles. The van der Waals surface area contributed by atoms with Crippen LogP contribution < -0.4 is 0 Å². The molecule has 0 saturated carbocycles. The lowest BCUT2D eigenvalue weighted by Gasteiger charge is -2.03. The van der Waals surface area contributed by atoms with Gasteiger partial charge in [-0.15, -0.1) is 0 Å². The Bertz CT molecular complexity index is 261. The maximum atomic E-state index is 11.1. The van der Waals surface area contributed by atoms with Gasteiger partial charge in [-0.3, -0.25) is 14.4 Å². The van der Waals surface area contributed by atoms with Crippen LogP contribution in [-0.2, 0) is 19.1 Å². The Morgan fingerprint density at radius 3 is 1.94 bits per heavy atom. The van der Waals surface area contributed by atoms with Crippen molar-refractivity contribution in [1.29, 1.82) is 0 Å². The van der Waals surface area contributed by atoms with E-state index in [9.17, 15) is 14.4 Å². The van der Waals surface area contributed by atoms with Crippen LogP contribution in [-0.4, -0.2) is 34.7 Å². The molecule has 0 atom stereocenters. The average molecular weight is 246 g/mol. The van der Waals surface area contributed by atoms with E-state index in [-0.39, 0.29) is 32.3 Å². The number of carbonyl (C=O) groups excluding carboxylic acids is 1. The first kappa shape index (κ1) is 15.4. The van der Waals surface area contributed by atoms with E-state index in [1.807, 2.05) is 0 Å². The van der Waals surface area contributed by atoms with Crippen molar-refractivity contribution in [2.75, 3.05) is 6.61 Å². The topological polar surface area (TPSA) is 101 Å². The molecule has 0 bridgehead atoms. The normalized spacial score (nSPS) is 9.88. The molecule has 0 rings (SSSR count). The lowest BCUT2D eigenvalue weighted by atomic mass is 10.2. The average Bonchev–Trinajstić information content (AvgIpc) is 2.22. The molecule has 0 aliphatic heterocycles. The van der Waals surface area contributed by atoms with Gasteiger partial charge in [-0.2, -0.15) is 0 Å². The first-order chi connectivity index (χ1) is 8.02. The van der Waals surface area contributed by atoms with E-state index in [1.165, 1.54) is 0 Å². The van der Waals surface area contributed by atoms with Gasteiger partial charge in [-0.25, -0.2) is 0 Å². The van der Waals surface area contributed by atoms with E-state index in [4.69, 9.17) is 14.9 Å². The molecule has 17 heavy (non-hydrogen) atoms. The first-order valence-corrected chi connectivity index (χ1v) is 5.61. The smallest absolute Gasteiger partial charge is 0.305 e. The van der Waals surface area contributed by atoms with E-state index in [2.05, 4.69) is 0 Å². The van der Waals surface area contributed by atoms with Gasteiger partial charge in [-0.1, -0.05) is 0 Å². The van der Waals surface area contributed by atoms with Crippen LogP contribution >= 0.6 is 0 Å². The molecule has 0 amide bonds. The monoisotopic (exact) mass is 246 g/mol. The molecule has 0 aliphatic carbocycles. The van der Waals surface area contributed by atoms with Crippen LogP contribution in [0.5, 0.6) is 0 Å². The van der Waals surface area contributed by atoms with Gasteiger partial charge in [0.05, 0.1) is 6.61 Å². The van der Waals surface area contributed by atoms with E-state index in [0.29, 0.717) is 19.3 Å². The largest absolute Gasteiger partial charge is 0.481 e. The molecule has 0 aliphatic rings. The fourth-order valence-corrected chi connectivity index (χ4v) is 1.20. The highest BCUT2D eigenvalue weighted by atomic mass is 16.5. The third-order valence-corrected chi connectivity index (χ3v) is 2.07. The number of carbonyl (C=O) groups is 3. The van der Waals surface area contributed by atoms with Gasteiger partial charge < -0.3 is 14.9 Å². The number of carboxylic acids is 2. The summed E-state index contributed by atoms with van der Waals surface area (Å²) in [5, 5.41) is 16.7. The third kappa shape index (κ3) is 12.3. The highest BCUT2D eigenvalue weighted by molar-refractivity contribution is 5.71. The van der Waals surface area contributed by atoms with Crippen LogP contribution in [0.15, 0.2) is 0 Å². The van der Waals surface area contributed by atoms with Crippen LogP contribution in [0.2, 0.25) is 0 Å². The lowest BCUT2D eigenvalue weighted by Crippen LogP contribution is -2.07. The van der Waals surface area contributed by atoms with Crippen molar-refractivity contribution >= 4 is 17.9 Å². The molecule has 0 fully saturated rings. The Balaban J connectivity index is 3.27. The molecular formula is C11H18O6. The molecule has 0 heterocycles. The van der Waals surface area contributed by atoms with Gasteiger partial charge in [-0.05, 0) is 25.7 Å². The highest BCUT2D eigenvalue weighted by Gasteiger charge is 2.04. The zero-order valence-corrected chi connectivity index (χ0v) is 9.68. The summed E-state index contributed by atoms with van der Waals surface area (Å²) in [6.45, 7) is 0.269. The van der Waals surface area contributed by atoms with Crippen molar-refractivity contribution in [3.05, 3.63) is 0 Å². The van der Waals surface area contributed by atoms with Gasteiger partial charge >= 0.3 is 17.9 Å². The summed E-state index contributed by atoms with van der Waals surface area (Å²) in [5.41, 5.74) is 0. The summed E-state index contributed by atoms with van der Waals surface area (Å²) in [6, 6.07) is 0. The minimum absolute atomic E-state index is 0.0340. The molecular weight excluding hydrogens is 228 g/mol. The molecule has 0 saturated heterocycles. The number of hydrogen-bond acceptors (Lipinski definition) is 4. The van der Waals surface area contributed by atoms with E-state index < -0.39 is 17.9 Å². The number of hydrogen-bond donors (Lipinski definition) is 2. The van der Waals surface area contributed by atoms with Crippen molar-refractivity contribution in [2.24, 2.45) is 0 Å². The van der Waals surface area contributed by atoms with Crippen molar-refractivity contribution in [3.8, 4) is 0 Å². The van der Waals surface area contributed by atoms with Crippen LogP contribution in [0.4, 0.5) is 0 Å². The molecule has 0 aromatic rings. The molecule has 98 valence electrons. The molecule has 0 unspecified atom stereocenters. The zero-order valence-electron chi connectivity index (χ0n) is 9.68. The van der Waals surface area contributed by atoms with Crippen LogP contribution in [0.3, 0.4) is 0 Å². The molecule has 6 nitrogen and oxygen atoms in total. The van der Waals surface area contributed by atoms with Crippen molar-refractivity contribution in [3.63, 3.8) is 0 Å². The summed E-state index contributed by atoms with van der Waals surface area (Å²) in [7, 11) is 0. The fourth-order valence-electron chi connectivity index (χ4n) is 1.20. The van der Waals surface area contributed by atoms with Crippen LogP contribution in [0.1, 0.15) is 44.9 Å². The van der Waals surface area contributed by atoms with Gasteiger partial charge in [0.15, 0.2) is 0 Å². The second-order valence-corrected chi connectivity index (χ2v) is 3.67. The zero-order chi connectivity index (χ0) is 13.1. The van der Waals surface area contributed by atoms with Crippen LogP contribution in [0.25, 0.3) is 0 Å². The lowest BCUT2D eigenvalue weighted by molar-refractivity contribution is -0.144. The Morgan fingerprint density at radius 1 is 0.765 bits per heavy atom. The predicted octanol–water partition coefficient (Wildman–Crippen LogP) is 1.43. The fraction of sp³-hybridized carbons (Fsp3) is 0.727. The van der Waals surface area contributed by atoms with E-state index in [1.54, 1.807) is 0 Å². The standard InChI is InChI=1S/C11H18O6/c12-9(13)5-2-1-3-8-17-11(16)7-4-6-10(14)15/h1-8H2,(H,12,13)(H,14,15). The second-order valence-electron chi connectivity index (χ2n) is 3.67. The molecule has 0 aromatic carbocycles. The minimum atomic E-state index is -0.925. The Morgan fingerprint density at radius 2 is 1.35 bits per heavy atom. The molecule has 6 heteroatoms. The number of ether oxygens (including phenoxy) is 1. The maximum absolute atomic E-state index is 11.1. The number of aliphatic carboxylic acids is 2. The molecule has 2 N–H and O–H groups in total. The number of unbranched alkanes of at least 4 members (excludes halogenated alkanes) is 2. The Hall–Kier alpha value is -1.59. The third-order valence-electron chi connectivity index (χ3n) is 2.07. The first-order valence-electron chi connectivity index (χ1n) is 5.61. The number of carboxylic acid groups (broad SMARTS) is 2. The Labute approximate surface area is 99.6 Å². The Kier molecular flexibility index (Phi) is 8.72. The summed E-state index contributed by atoms with van der Waals surface area (Å²) in [6.07, 6.45) is 2.41. The van der Waals surface area contributed by atoms with Crippen molar-refractivity contribution in [1.82, 2.24) is 0 Å². The van der Waals surface area contributed by atoms with Crippen molar-refractivity contribution in [2.45, 2.75) is 44.9 Å². The minimum Gasteiger partial charge on any atom is -0.481 e. The highest BCUT2D eigenvalue weighted by Crippen LogP contribution is 2.02. The summed E-state index contributed by atoms with van der Waals surface area (Å²) >= 11 is 0. The summed E-state index contributed by atoms with van der Waals surface area (Å²) in [4.78, 5) is 31.4. The predicted molar refractivity (Wildman–Crippen MR) is 58.5 cm³/mol. The summed E-state index contributed by atoms with van der Waals surface area (Å²) in [5.74, 6) is -2.15. The molecule has 0 radical (unpaired) electrons. The number of rotatable bonds is 10. The molecule has 0 spiro atoms. The number of esters is 1. The van der Waals surface area contributed by atoms with Gasteiger partial charge in [0.2, 0.25) is 0 Å². The van der Waals surface area contributed by atoms with Crippen LogP contribution in [0, 0.1) is 0 Å². The quantitative estimate of drug-likeness (QED) is 0.446. The van der Waals surface area contributed by atoms with E-state index in [0.717, 1.165) is 0 Å².